The van der Waals surface area contributed by atoms with Crippen LogP contribution in [0.5, 0.6) is 11.5 Å². The number of ether oxygens (including phenoxy) is 2. The molecule has 5 rings (SSSR count). The van der Waals surface area contributed by atoms with Crippen LogP contribution in [-0.2, 0) is 32.6 Å². The number of anilines is 1. The quantitative estimate of drug-likeness (QED) is 0.336. The topological polar surface area (TPSA) is 105 Å². The fourth-order valence-corrected chi connectivity index (χ4v) is 6.63. The normalized spacial score (nSPS) is 15.7. The second-order valence-corrected chi connectivity index (χ2v) is 13.6. The van der Waals surface area contributed by atoms with E-state index in [1.54, 1.807) is 18.2 Å². The zero-order valence-electron chi connectivity index (χ0n) is 25.4. The summed E-state index contributed by atoms with van der Waals surface area (Å²) < 4.78 is 38.6. The van der Waals surface area contributed by atoms with Crippen LogP contribution in [0.1, 0.15) is 48.8 Å². The molecule has 2 amide bonds. The highest BCUT2D eigenvalue weighted by molar-refractivity contribution is 7.92. The van der Waals surface area contributed by atoms with Gasteiger partial charge in [0.1, 0.15) is 25.8 Å². The molecule has 1 atom stereocenters. The van der Waals surface area contributed by atoms with Crippen LogP contribution in [0, 0.1) is 6.92 Å². The lowest BCUT2D eigenvalue weighted by molar-refractivity contribution is -0.140. The Morgan fingerprint density at radius 3 is 2.25 bits per heavy atom. The molecule has 1 fully saturated rings. The molecular weight excluding hydrogens is 578 g/mol. The van der Waals surface area contributed by atoms with Gasteiger partial charge >= 0.3 is 0 Å². The molecule has 3 aromatic carbocycles. The summed E-state index contributed by atoms with van der Waals surface area (Å²) in [5, 5.41) is 3.22. The number of nitrogens with one attached hydrogen (secondary N) is 1. The van der Waals surface area contributed by atoms with E-state index in [-0.39, 0.29) is 24.2 Å². The van der Waals surface area contributed by atoms with Gasteiger partial charge in [-0.3, -0.25) is 13.9 Å². The third kappa shape index (κ3) is 8.11. The Labute approximate surface area is 260 Å². The summed E-state index contributed by atoms with van der Waals surface area (Å²) in [5.41, 5.74) is 3.11. The van der Waals surface area contributed by atoms with E-state index in [2.05, 4.69) is 5.32 Å². The second-order valence-electron chi connectivity index (χ2n) is 11.7. The van der Waals surface area contributed by atoms with Crippen molar-refractivity contribution in [3.63, 3.8) is 0 Å². The number of fused-ring (bicyclic) bond motifs is 1. The van der Waals surface area contributed by atoms with Crippen molar-refractivity contribution < 1.29 is 27.5 Å². The SMILES string of the molecule is Cc1ccc(CN(C(=O)CN(c2ccc3c(c2)OCCO3)S(C)(=O)=O)[C@H](Cc2ccccc2)C(=O)NC2CCCCC2)cc1. The molecule has 44 heavy (non-hydrogen) atoms. The van der Waals surface area contributed by atoms with Crippen molar-refractivity contribution in [3.05, 3.63) is 89.5 Å². The van der Waals surface area contributed by atoms with E-state index in [0.29, 0.717) is 31.1 Å². The van der Waals surface area contributed by atoms with Crippen molar-refractivity contribution in [2.24, 2.45) is 0 Å². The van der Waals surface area contributed by atoms with Crippen molar-refractivity contribution in [2.75, 3.05) is 30.3 Å². The van der Waals surface area contributed by atoms with Crippen LogP contribution >= 0.6 is 0 Å². The van der Waals surface area contributed by atoms with E-state index >= 15 is 0 Å². The maximum absolute atomic E-state index is 14.3. The van der Waals surface area contributed by atoms with E-state index in [9.17, 15) is 18.0 Å². The van der Waals surface area contributed by atoms with Gasteiger partial charge in [-0.25, -0.2) is 8.42 Å². The zero-order chi connectivity index (χ0) is 31.1. The number of carbonyl (C=O) groups is 2. The smallest absolute Gasteiger partial charge is 0.244 e. The number of rotatable bonds is 11. The average Bonchev–Trinajstić information content (AvgIpc) is 3.02. The van der Waals surface area contributed by atoms with Crippen molar-refractivity contribution in [2.45, 2.75) is 64.1 Å². The fraction of sp³-hybridized carbons (Fsp3) is 0.412. The van der Waals surface area contributed by atoms with Crippen molar-refractivity contribution in [3.8, 4) is 11.5 Å². The van der Waals surface area contributed by atoms with Gasteiger partial charge in [0.25, 0.3) is 0 Å². The molecule has 1 heterocycles. The number of hydrogen-bond acceptors (Lipinski definition) is 6. The van der Waals surface area contributed by atoms with Crippen molar-refractivity contribution in [1.82, 2.24) is 10.2 Å². The summed E-state index contributed by atoms with van der Waals surface area (Å²) in [4.78, 5) is 29.9. The minimum atomic E-state index is -3.89. The van der Waals surface area contributed by atoms with Crippen LogP contribution in [-0.4, -0.2) is 63.2 Å². The Balaban J connectivity index is 1.50. The Bertz CT molecular complexity index is 1540. The van der Waals surface area contributed by atoms with E-state index < -0.39 is 28.5 Å². The molecule has 0 spiro atoms. The average molecular weight is 620 g/mol. The molecule has 0 radical (unpaired) electrons. The highest BCUT2D eigenvalue weighted by Gasteiger charge is 2.34. The second kappa shape index (κ2) is 14.2. The first-order chi connectivity index (χ1) is 21.2. The zero-order valence-corrected chi connectivity index (χ0v) is 26.2. The molecule has 0 saturated heterocycles. The minimum Gasteiger partial charge on any atom is -0.486 e. The van der Waals surface area contributed by atoms with Crippen LogP contribution in [0.15, 0.2) is 72.8 Å². The van der Waals surface area contributed by atoms with Gasteiger partial charge in [0.15, 0.2) is 11.5 Å². The van der Waals surface area contributed by atoms with E-state index in [0.717, 1.165) is 59.4 Å². The number of amides is 2. The number of aryl methyl sites for hydroxylation is 1. The molecule has 0 aromatic heterocycles. The number of benzene rings is 3. The molecular formula is C34H41N3O6S. The summed E-state index contributed by atoms with van der Waals surface area (Å²) >= 11 is 0. The standard InChI is InChI=1S/C34H41N3O6S/c1-25-13-15-27(16-14-25)23-36(30(21-26-9-5-3-6-10-26)34(39)35-28-11-7-4-8-12-28)33(38)24-37(44(2,40)41)29-17-18-31-32(22-29)43-20-19-42-31/h3,5-6,9-10,13-18,22,28,30H,4,7-8,11-12,19-21,23-24H2,1-2H3,(H,35,39)/t30-/m1/s1. The molecule has 10 heteroatoms. The molecule has 234 valence electrons. The highest BCUT2D eigenvalue weighted by Crippen LogP contribution is 2.35. The van der Waals surface area contributed by atoms with Gasteiger partial charge in [0.2, 0.25) is 21.8 Å². The Kier molecular flexibility index (Phi) is 10.1. The van der Waals surface area contributed by atoms with E-state index in [4.69, 9.17) is 9.47 Å². The van der Waals surface area contributed by atoms with Crippen molar-refractivity contribution in [1.29, 1.82) is 0 Å². The van der Waals surface area contributed by atoms with Gasteiger partial charge in [-0.05, 0) is 43.0 Å². The Hall–Kier alpha value is -4.05. The highest BCUT2D eigenvalue weighted by atomic mass is 32.2. The van der Waals surface area contributed by atoms with Gasteiger partial charge in [0.05, 0.1) is 11.9 Å². The van der Waals surface area contributed by atoms with Crippen LogP contribution in [0.2, 0.25) is 0 Å². The summed E-state index contributed by atoms with van der Waals surface area (Å²) in [6, 6.07) is 21.4. The lowest BCUT2D eigenvalue weighted by Crippen LogP contribution is -2.55. The first-order valence-electron chi connectivity index (χ1n) is 15.2. The third-order valence-electron chi connectivity index (χ3n) is 8.19. The van der Waals surface area contributed by atoms with Crippen LogP contribution in [0.3, 0.4) is 0 Å². The minimum absolute atomic E-state index is 0.0519. The molecule has 3 aromatic rings. The first kappa shape index (κ1) is 31.4. The lowest BCUT2D eigenvalue weighted by atomic mass is 9.94. The van der Waals surface area contributed by atoms with Crippen LogP contribution < -0.4 is 19.1 Å². The maximum Gasteiger partial charge on any atom is 0.244 e. The van der Waals surface area contributed by atoms with E-state index in [1.807, 2.05) is 61.5 Å². The summed E-state index contributed by atoms with van der Waals surface area (Å²) in [5.74, 6) is 0.223. The molecule has 1 N–H and O–H groups in total. The lowest BCUT2D eigenvalue weighted by Gasteiger charge is -2.35. The number of carbonyl (C=O) groups excluding carboxylic acids is 2. The predicted molar refractivity (Wildman–Crippen MR) is 170 cm³/mol. The Morgan fingerprint density at radius 2 is 1.57 bits per heavy atom. The molecule has 0 unspecified atom stereocenters. The van der Waals surface area contributed by atoms with Crippen molar-refractivity contribution >= 4 is 27.5 Å². The monoisotopic (exact) mass is 619 g/mol. The summed E-state index contributed by atoms with van der Waals surface area (Å²) in [6.07, 6.45) is 6.43. The molecule has 0 bridgehead atoms. The van der Waals surface area contributed by atoms with E-state index in [1.165, 1.54) is 4.90 Å². The molecule has 1 aliphatic heterocycles. The molecule has 1 saturated carbocycles. The molecule has 1 aliphatic carbocycles. The fourth-order valence-electron chi connectivity index (χ4n) is 5.79. The van der Waals surface area contributed by atoms with Gasteiger partial charge < -0.3 is 19.7 Å². The summed E-state index contributed by atoms with van der Waals surface area (Å²) in [6.45, 7) is 2.40. The predicted octanol–water partition coefficient (Wildman–Crippen LogP) is 4.62. The maximum atomic E-state index is 14.3. The Morgan fingerprint density at radius 1 is 0.886 bits per heavy atom. The number of nitrogens with zero attached hydrogens (tertiary/aromatic N) is 2. The third-order valence-corrected chi connectivity index (χ3v) is 9.33. The summed E-state index contributed by atoms with van der Waals surface area (Å²) in [7, 11) is -3.89. The van der Waals surface area contributed by atoms with Crippen LogP contribution in [0.25, 0.3) is 0 Å². The first-order valence-corrected chi connectivity index (χ1v) is 17.1. The van der Waals surface area contributed by atoms with Gasteiger partial charge in [-0.1, -0.05) is 79.4 Å². The molecule has 9 nitrogen and oxygen atoms in total. The van der Waals surface area contributed by atoms with Gasteiger partial charge in [0, 0.05) is 25.1 Å². The largest absolute Gasteiger partial charge is 0.486 e. The van der Waals surface area contributed by atoms with Crippen LogP contribution in [0.4, 0.5) is 5.69 Å². The number of hydrogen-bond donors (Lipinski definition) is 1. The van der Waals surface area contributed by atoms with Gasteiger partial charge in [-0.2, -0.15) is 0 Å². The van der Waals surface area contributed by atoms with Gasteiger partial charge in [-0.15, -0.1) is 0 Å². The number of sulfonamides is 1. The molecule has 2 aliphatic rings.